The largest absolute Gasteiger partial charge is 0.315 e. The molecule has 0 aromatic carbocycles. The molecule has 0 spiro atoms. The van der Waals surface area contributed by atoms with Crippen LogP contribution in [0.15, 0.2) is 22.8 Å². The summed E-state index contributed by atoms with van der Waals surface area (Å²) in [5, 5.41) is 3.47. The average Bonchev–Trinajstić information content (AvgIpc) is 2.20. The molecule has 3 heteroatoms. The fourth-order valence-corrected chi connectivity index (χ4v) is 2.02. The smallest absolute Gasteiger partial charge is 0.0413 e. The number of nitrogens with zero attached hydrogens (tertiary/aromatic N) is 1. The highest BCUT2D eigenvalue weighted by molar-refractivity contribution is 9.10. The summed E-state index contributed by atoms with van der Waals surface area (Å²) in [7, 11) is 0. The minimum Gasteiger partial charge on any atom is -0.315 e. The van der Waals surface area contributed by atoms with Crippen LogP contribution in [0.4, 0.5) is 0 Å². The number of rotatable bonds is 6. The van der Waals surface area contributed by atoms with Crippen LogP contribution in [0.2, 0.25) is 0 Å². The molecule has 0 amide bonds. The van der Waals surface area contributed by atoms with Crippen LogP contribution in [0.5, 0.6) is 0 Å². The summed E-state index contributed by atoms with van der Waals surface area (Å²) in [5.74, 6) is 0. The van der Waals surface area contributed by atoms with Gasteiger partial charge in [-0.05, 0) is 52.9 Å². The van der Waals surface area contributed by atoms with E-state index in [0.29, 0.717) is 11.5 Å². The van der Waals surface area contributed by atoms with Gasteiger partial charge in [0.25, 0.3) is 0 Å². The summed E-state index contributed by atoms with van der Waals surface area (Å²) in [6.07, 6.45) is 4.07. The Morgan fingerprint density at radius 1 is 1.35 bits per heavy atom. The molecule has 0 fully saturated rings. The van der Waals surface area contributed by atoms with Gasteiger partial charge in [0.05, 0.1) is 0 Å². The molecular formula is C14H23BrN2. The lowest BCUT2D eigenvalue weighted by atomic mass is 9.84. The molecule has 1 rings (SSSR count). The van der Waals surface area contributed by atoms with Crippen LogP contribution >= 0.6 is 15.9 Å². The summed E-state index contributed by atoms with van der Waals surface area (Å²) in [5.41, 5.74) is 1.46. The van der Waals surface area contributed by atoms with Crippen LogP contribution in [-0.4, -0.2) is 17.6 Å². The molecule has 0 aliphatic rings. The lowest BCUT2D eigenvalue weighted by Crippen LogP contribution is -2.28. The molecule has 0 saturated carbocycles. The zero-order valence-corrected chi connectivity index (χ0v) is 12.8. The average molecular weight is 299 g/mol. The standard InChI is InChI=1S/C14H23BrN2/c1-11(2)16-8-7-14(3,4)9-13-6-5-12(15)10-17-13/h5-6,10-11,16H,7-9H2,1-4H3. The molecule has 1 aromatic rings. The van der Waals surface area contributed by atoms with Crippen molar-refractivity contribution in [2.75, 3.05) is 6.54 Å². The van der Waals surface area contributed by atoms with Crippen molar-refractivity contribution in [3.63, 3.8) is 0 Å². The predicted octanol–water partition coefficient (Wildman–Crippen LogP) is 3.80. The SMILES string of the molecule is CC(C)NCCC(C)(C)Cc1ccc(Br)cn1. The summed E-state index contributed by atoms with van der Waals surface area (Å²) in [6.45, 7) is 10.0. The van der Waals surface area contributed by atoms with Crippen LogP contribution in [0.1, 0.15) is 39.8 Å². The monoisotopic (exact) mass is 298 g/mol. The Labute approximate surface area is 113 Å². The van der Waals surface area contributed by atoms with E-state index in [1.165, 1.54) is 12.1 Å². The number of nitrogens with one attached hydrogen (secondary N) is 1. The summed E-state index contributed by atoms with van der Waals surface area (Å²) in [6, 6.07) is 4.73. The van der Waals surface area contributed by atoms with E-state index in [-0.39, 0.29) is 0 Å². The number of pyridine rings is 1. The third kappa shape index (κ3) is 6.18. The van der Waals surface area contributed by atoms with Crippen LogP contribution in [0, 0.1) is 5.41 Å². The Hall–Kier alpha value is -0.410. The number of hydrogen-bond donors (Lipinski definition) is 1. The van der Waals surface area contributed by atoms with Crippen molar-refractivity contribution in [1.82, 2.24) is 10.3 Å². The first kappa shape index (κ1) is 14.7. The quantitative estimate of drug-likeness (QED) is 0.864. The van der Waals surface area contributed by atoms with Crippen LogP contribution < -0.4 is 5.32 Å². The summed E-state index contributed by atoms with van der Waals surface area (Å²) < 4.78 is 1.04. The van der Waals surface area contributed by atoms with Gasteiger partial charge >= 0.3 is 0 Å². The van der Waals surface area contributed by atoms with E-state index < -0.39 is 0 Å². The van der Waals surface area contributed by atoms with E-state index in [4.69, 9.17) is 0 Å². The van der Waals surface area contributed by atoms with Gasteiger partial charge in [0.1, 0.15) is 0 Å². The maximum Gasteiger partial charge on any atom is 0.0413 e. The number of aromatic nitrogens is 1. The first-order valence-electron chi connectivity index (χ1n) is 6.23. The Morgan fingerprint density at radius 3 is 2.59 bits per heavy atom. The van der Waals surface area contributed by atoms with Crippen LogP contribution in [0.3, 0.4) is 0 Å². The van der Waals surface area contributed by atoms with Crippen molar-refractivity contribution in [3.05, 3.63) is 28.5 Å². The van der Waals surface area contributed by atoms with E-state index in [1.54, 1.807) is 0 Å². The van der Waals surface area contributed by atoms with Gasteiger partial charge in [0.15, 0.2) is 0 Å². The molecule has 0 bridgehead atoms. The first-order chi connectivity index (χ1) is 7.89. The third-order valence-electron chi connectivity index (χ3n) is 2.80. The minimum absolute atomic E-state index is 0.294. The van der Waals surface area contributed by atoms with Crippen LogP contribution in [-0.2, 0) is 6.42 Å². The lowest BCUT2D eigenvalue weighted by Gasteiger charge is -2.25. The van der Waals surface area contributed by atoms with Crippen molar-refractivity contribution in [1.29, 1.82) is 0 Å². The highest BCUT2D eigenvalue weighted by atomic mass is 79.9. The molecule has 1 aromatic heterocycles. The normalized spacial score (nSPS) is 12.1. The molecule has 0 radical (unpaired) electrons. The second-order valence-electron chi connectivity index (χ2n) is 5.67. The van der Waals surface area contributed by atoms with Crippen molar-refractivity contribution < 1.29 is 0 Å². The second kappa shape index (κ2) is 6.50. The first-order valence-corrected chi connectivity index (χ1v) is 7.02. The molecule has 17 heavy (non-hydrogen) atoms. The molecule has 96 valence electrons. The maximum absolute atomic E-state index is 4.44. The fraction of sp³-hybridized carbons (Fsp3) is 0.643. The van der Waals surface area contributed by atoms with Gasteiger partial charge in [0, 0.05) is 22.4 Å². The van der Waals surface area contributed by atoms with Gasteiger partial charge < -0.3 is 5.32 Å². The van der Waals surface area contributed by atoms with Crippen molar-refractivity contribution in [3.8, 4) is 0 Å². The second-order valence-corrected chi connectivity index (χ2v) is 6.58. The van der Waals surface area contributed by atoms with E-state index in [9.17, 15) is 0 Å². The Morgan fingerprint density at radius 2 is 2.06 bits per heavy atom. The van der Waals surface area contributed by atoms with E-state index in [2.05, 4.69) is 66.1 Å². The van der Waals surface area contributed by atoms with Gasteiger partial charge in [-0.2, -0.15) is 0 Å². The van der Waals surface area contributed by atoms with E-state index in [0.717, 1.165) is 17.4 Å². The Bertz CT molecular complexity index is 331. The molecule has 0 atom stereocenters. The van der Waals surface area contributed by atoms with Crippen LogP contribution in [0.25, 0.3) is 0 Å². The van der Waals surface area contributed by atoms with Gasteiger partial charge in [-0.3, -0.25) is 4.98 Å². The third-order valence-corrected chi connectivity index (χ3v) is 3.27. The Kier molecular flexibility index (Phi) is 5.60. The molecule has 0 aliphatic heterocycles. The molecule has 1 heterocycles. The van der Waals surface area contributed by atoms with Crippen molar-refractivity contribution >= 4 is 15.9 Å². The molecule has 0 saturated heterocycles. The summed E-state index contributed by atoms with van der Waals surface area (Å²) in [4.78, 5) is 4.44. The van der Waals surface area contributed by atoms with E-state index >= 15 is 0 Å². The maximum atomic E-state index is 4.44. The molecule has 0 unspecified atom stereocenters. The van der Waals surface area contributed by atoms with Gasteiger partial charge in [-0.1, -0.05) is 27.7 Å². The summed E-state index contributed by atoms with van der Waals surface area (Å²) >= 11 is 3.41. The zero-order chi connectivity index (χ0) is 12.9. The zero-order valence-electron chi connectivity index (χ0n) is 11.3. The minimum atomic E-state index is 0.294. The number of hydrogen-bond acceptors (Lipinski definition) is 2. The lowest BCUT2D eigenvalue weighted by molar-refractivity contribution is 0.317. The van der Waals surface area contributed by atoms with Gasteiger partial charge in [-0.15, -0.1) is 0 Å². The van der Waals surface area contributed by atoms with Gasteiger partial charge in [0.2, 0.25) is 0 Å². The fourth-order valence-electron chi connectivity index (χ4n) is 1.79. The predicted molar refractivity (Wildman–Crippen MR) is 77.2 cm³/mol. The Balaban J connectivity index is 2.45. The highest BCUT2D eigenvalue weighted by Gasteiger charge is 2.18. The number of halogens is 1. The van der Waals surface area contributed by atoms with E-state index in [1.807, 2.05) is 6.20 Å². The topological polar surface area (TPSA) is 24.9 Å². The van der Waals surface area contributed by atoms with Gasteiger partial charge in [-0.25, -0.2) is 0 Å². The highest BCUT2D eigenvalue weighted by Crippen LogP contribution is 2.25. The molecular weight excluding hydrogens is 276 g/mol. The van der Waals surface area contributed by atoms with Crippen molar-refractivity contribution in [2.24, 2.45) is 5.41 Å². The molecule has 2 nitrogen and oxygen atoms in total. The molecule has 0 aliphatic carbocycles. The molecule has 1 N–H and O–H groups in total. The van der Waals surface area contributed by atoms with Crippen molar-refractivity contribution in [2.45, 2.75) is 46.6 Å².